The molecular weight excluding hydrogens is 345 g/mol. The van der Waals surface area contributed by atoms with E-state index < -0.39 is 0 Å². The summed E-state index contributed by atoms with van der Waals surface area (Å²) in [6.07, 6.45) is 1.79. The molecule has 0 aromatic carbocycles. The van der Waals surface area contributed by atoms with Gasteiger partial charge in [0.1, 0.15) is 11.0 Å². The van der Waals surface area contributed by atoms with Crippen LogP contribution in [0.1, 0.15) is 11.9 Å². The molecule has 1 fully saturated rings. The number of aromatic nitrogens is 2. The summed E-state index contributed by atoms with van der Waals surface area (Å²) in [5.74, 6) is 3.08. The maximum Gasteiger partial charge on any atom is 0.148 e. The first-order valence-corrected chi connectivity index (χ1v) is 7.25. The van der Waals surface area contributed by atoms with Crippen molar-refractivity contribution in [1.82, 2.24) is 14.9 Å². The molecule has 0 bridgehead atoms. The van der Waals surface area contributed by atoms with Gasteiger partial charge in [-0.25, -0.2) is 9.97 Å². The Morgan fingerprint density at radius 3 is 3.13 bits per heavy atom. The molecule has 2 rings (SSSR count). The van der Waals surface area contributed by atoms with E-state index in [-0.39, 0.29) is 0 Å². The average Bonchev–Trinajstić information content (AvgIpc) is 2.23. The lowest BCUT2D eigenvalue weighted by molar-refractivity contribution is 0.264. The molecule has 82 valence electrons. The molecule has 0 amide bonds. The van der Waals surface area contributed by atoms with Gasteiger partial charge in [0.15, 0.2) is 0 Å². The molecule has 1 aliphatic rings. The molecule has 1 aromatic heterocycles. The SMILES string of the molecule is CN1CCSCC1c1ncc(I)c(Cl)n1. The fourth-order valence-corrected chi connectivity index (χ4v) is 3.08. The second-order valence-electron chi connectivity index (χ2n) is 3.44. The summed E-state index contributed by atoms with van der Waals surface area (Å²) in [5, 5.41) is 0.560. The fourth-order valence-electron chi connectivity index (χ4n) is 1.48. The van der Waals surface area contributed by atoms with Gasteiger partial charge in [-0.05, 0) is 29.6 Å². The van der Waals surface area contributed by atoms with Gasteiger partial charge in [0.05, 0.1) is 9.61 Å². The number of hydrogen-bond acceptors (Lipinski definition) is 4. The van der Waals surface area contributed by atoms with E-state index in [0.717, 1.165) is 21.7 Å². The normalized spacial score (nSPS) is 23.0. The van der Waals surface area contributed by atoms with E-state index in [9.17, 15) is 0 Å². The summed E-state index contributed by atoms with van der Waals surface area (Å²) in [7, 11) is 2.11. The smallest absolute Gasteiger partial charge is 0.148 e. The zero-order valence-electron chi connectivity index (χ0n) is 8.28. The van der Waals surface area contributed by atoms with Crippen LogP contribution in [0.4, 0.5) is 0 Å². The van der Waals surface area contributed by atoms with Crippen molar-refractivity contribution in [2.45, 2.75) is 6.04 Å². The molecule has 15 heavy (non-hydrogen) atoms. The van der Waals surface area contributed by atoms with E-state index in [0.29, 0.717) is 11.2 Å². The predicted octanol–water partition coefficient (Wildman–Crippen LogP) is 2.45. The van der Waals surface area contributed by atoms with Gasteiger partial charge in [0, 0.05) is 24.2 Å². The van der Waals surface area contributed by atoms with Crippen molar-refractivity contribution in [2.75, 3.05) is 25.1 Å². The van der Waals surface area contributed by atoms with Crippen LogP contribution < -0.4 is 0 Å². The van der Waals surface area contributed by atoms with E-state index in [1.807, 2.05) is 11.8 Å². The number of rotatable bonds is 1. The third-order valence-electron chi connectivity index (χ3n) is 2.41. The van der Waals surface area contributed by atoms with Crippen LogP contribution in [-0.2, 0) is 0 Å². The van der Waals surface area contributed by atoms with Gasteiger partial charge in [-0.3, -0.25) is 4.90 Å². The summed E-state index contributed by atoms with van der Waals surface area (Å²) in [4.78, 5) is 11.0. The Bertz CT molecular complexity index is 363. The summed E-state index contributed by atoms with van der Waals surface area (Å²) >= 11 is 10.1. The number of nitrogens with zero attached hydrogens (tertiary/aromatic N) is 3. The first-order chi connectivity index (χ1) is 7.18. The van der Waals surface area contributed by atoms with Crippen molar-refractivity contribution in [2.24, 2.45) is 0 Å². The van der Waals surface area contributed by atoms with Gasteiger partial charge >= 0.3 is 0 Å². The fraction of sp³-hybridized carbons (Fsp3) is 0.556. The van der Waals surface area contributed by atoms with E-state index in [4.69, 9.17) is 11.6 Å². The summed E-state index contributed by atoms with van der Waals surface area (Å²) in [5.41, 5.74) is 0. The lowest BCUT2D eigenvalue weighted by Gasteiger charge is -2.30. The summed E-state index contributed by atoms with van der Waals surface area (Å²) in [6.45, 7) is 1.09. The third-order valence-corrected chi connectivity index (χ3v) is 4.83. The van der Waals surface area contributed by atoms with Crippen molar-refractivity contribution >= 4 is 46.0 Å². The Balaban J connectivity index is 2.24. The minimum Gasteiger partial charge on any atom is -0.295 e. The van der Waals surface area contributed by atoms with Crippen LogP contribution in [0.15, 0.2) is 6.20 Å². The van der Waals surface area contributed by atoms with Gasteiger partial charge in [0.25, 0.3) is 0 Å². The molecule has 2 heterocycles. The molecule has 6 heteroatoms. The first kappa shape index (κ1) is 11.9. The van der Waals surface area contributed by atoms with Crippen LogP contribution in [-0.4, -0.2) is 40.0 Å². The zero-order valence-corrected chi connectivity index (χ0v) is 12.0. The van der Waals surface area contributed by atoms with Gasteiger partial charge in [-0.1, -0.05) is 11.6 Å². The molecule has 1 aliphatic heterocycles. The maximum absolute atomic E-state index is 6.00. The molecule has 0 saturated carbocycles. The molecule has 0 radical (unpaired) electrons. The van der Waals surface area contributed by atoms with E-state index in [1.54, 1.807) is 6.20 Å². The number of halogens is 2. The molecule has 1 aromatic rings. The lowest BCUT2D eigenvalue weighted by atomic mass is 10.2. The largest absolute Gasteiger partial charge is 0.295 e. The summed E-state index contributed by atoms with van der Waals surface area (Å²) in [6, 6.07) is 0.304. The topological polar surface area (TPSA) is 29.0 Å². The van der Waals surface area contributed by atoms with Gasteiger partial charge < -0.3 is 0 Å². The highest BCUT2D eigenvalue weighted by molar-refractivity contribution is 14.1. The number of hydrogen-bond donors (Lipinski definition) is 0. The van der Waals surface area contributed by atoms with Crippen LogP contribution in [0.2, 0.25) is 5.15 Å². The molecule has 3 nitrogen and oxygen atoms in total. The highest BCUT2D eigenvalue weighted by Gasteiger charge is 2.23. The Morgan fingerprint density at radius 1 is 1.67 bits per heavy atom. The summed E-state index contributed by atoms with van der Waals surface area (Å²) < 4.78 is 0.907. The monoisotopic (exact) mass is 355 g/mol. The van der Waals surface area contributed by atoms with Crippen LogP contribution in [0.5, 0.6) is 0 Å². The molecule has 1 unspecified atom stereocenters. The standard InChI is InChI=1S/C9H11ClIN3S/c1-14-2-3-15-5-7(14)9-12-4-6(11)8(10)13-9/h4,7H,2-3,5H2,1H3. The third kappa shape index (κ3) is 2.75. The Hall–Kier alpha value is 0.410. The average molecular weight is 356 g/mol. The minimum atomic E-state index is 0.304. The van der Waals surface area contributed by atoms with Gasteiger partial charge in [-0.2, -0.15) is 11.8 Å². The van der Waals surface area contributed by atoms with Crippen molar-refractivity contribution in [3.63, 3.8) is 0 Å². The Kier molecular flexibility index (Phi) is 4.09. The number of thioether (sulfide) groups is 1. The van der Waals surface area contributed by atoms with E-state index in [1.165, 1.54) is 5.75 Å². The Labute approximate surface area is 112 Å². The second-order valence-corrected chi connectivity index (χ2v) is 6.11. The first-order valence-electron chi connectivity index (χ1n) is 4.64. The second kappa shape index (κ2) is 5.16. The molecule has 0 aliphatic carbocycles. The maximum atomic E-state index is 6.00. The molecule has 0 N–H and O–H groups in total. The molecule has 1 saturated heterocycles. The predicted molar refractivity (Wildman–Crippen MR) is 72.5 cm³/mol. The van der Waals surface area contributed by atoms with E-state index in [2.05, 4.69) is 44.5 Å². The highest BCUT2D eigenvalue weighted by Crippen LogP contribution is 2.27. The Morgan fingerprint density at radius 2 is 2.47 bits per heavy atom. The van der Waals surface area contributed by atoms with Gasteiger partial charge in [0.2, 0.25) is 0 Å². The molecular formula is C9H11ClIN3S. The van der Waals surface area contributed by atoms with Crippen LogP contribution in [0, 0.1) is 3.57 Å². The van der Waals surface area contributed by atoms with Gasteiger partial charge in [-0.15, -0.1) is 0 Å². The van der Waals surface area contributed by atoms with Crippen LogP contribution in [0.3, 0.4) is 0 Å². The molecule has 0 spiro atoms. The lowest BCUT2D eigenvalue weighted by Crippen LogP contribution is -2.33. The van der Waals surface area contributed by atoms with Crippen molar-refractivity contribution in [1.29, 1.82) is 0 Å². The van der Waals surface area contributed by atoms with Crippen molar-refractivity contribution < 1.29 is 0 Å². The van der Waals surface area contributed by atoms with E-state index >= 15 is 0 Å². The van der Waals surface area contributed by atoms with Crippen molar-refractivity contribution in [3.05, 3.63) is 20.7 Å². The van der Waals surface area contributed by atoms with Crippen molar-refractivity contribution in [3.8, 4) is 0 Å². The van der Waals surface area contributed by atoms with Crippen LogP contribution in [0.25, 0.3) is 0 Å². The minimum absolute atomic E-state index is 0.304. The quantitative estimate of drug-likeness (QED) is 0.572. The highest BCUT2D eigenvalue weighted by atomic mass is 127. The zero-order chi connectivity index (χ0) is 10.8. The van der Waals surface area contributed by atoms with Crippen LogP contribution >= 0.6 is 46.0 Å². The molecule has 1 atom stereocenters.